The molecule has 1 atom stereocenters. The molecule has 0 heterocycles. The molecule has 0 bridgehead atoms. The van der Waals surface area contributed by atoms with Gasteiger partial charge in [-0.05, 0) is 48.4 Å². The molecule has 0 radical (unpaired) electrons. The van der Waals surface area contributed by atoms with Crippen LogP contribution in [0.25, 0.3) is 0 Å². The maximum absolute atomic E-state index is 6.43. The summed E-state index contributed by atoms with van der Waals surface area (Å²) in [4.78, 5) is 0. The monoisotopic (exact) mass is 329 g/mol. The van der Waals surface area contributed by atoms with Gasteiger partial charge in [-0.25, -0.2) is 0 Å². The molecule has 2 aromatic rings. The third-order valence-corrected chi connectivity index (χ3v) is 5.08. The molecule has 1 fully saturated rings. The van der Waals surface area contributed by atoms with Gasteiger partial charge in [0.25, 0.3) is 0 Å². The van der Waals surface area contributed by atoms with Crippen LogP contribution in [-0.2, 0) is 0 Å². The minimum atomic E-state index is -0.0697. The molecule has 1 aliphatic rings. The molecule has 2 aromatic carbocycles. The Morgan fingerprint density at radius 1 is 1.10 bits per heavy atom. The van der Waals surface area contributed by atoms with Crippen LogP contribution in [-0.4, -0.2) is 0 Å². The molecule has 1 saturated carbocycles. The van der Waals surface area contributed by atoms with E-state index < -0.39 is 0 Å². The number of nitrogens with two attached hydrogens (primary N) is 1. The molecule has 0 aromatic heterocycles. The second-order valence-corrected chi connectivity index (χ2v) is 6.65. The van der Waals surface area contributed by atoms with Crippen molar-refractivity contribution in [3.05, 3.63) is 69.2 Å². The summed E-state index contributed by atoms with van der Waals surface area (Å²) < 4.78 is 1.08. The molecular weight excluding hydrogens is 310 g/mol. The van der Waals surface area contributed by atoms with Gasteiger partial charge in [-0.3, -0.25) is 0 Å². The van der Waals surface area contributed by atoms with E-state index in [0.717, 1.165) is 16.0 Å². The Labute approximate surface area is 129 Å². The molecule has 2 N–H and O–H groups in total. The Balaban J connectivity index is 1.85. The van der Waals surface area contributed by atoms with Crippen LogP contribution in [0.4, 0.5) is 0 Å². The van der Waals surface area contributed by atoms with Crippen LogP contribution in [0, 0.1) is 6.92 Å². The molecule has 0 aliphatic heterocycles. The third kappa shape index (κ3) is 2.68. The zero-order valence-electron chi connectivity index (χ0n) is 11.8. The van der Waals surface area contributed by atoms with Gasteiger partial charge in [0.2, 0.25) is 0 Å². The molecule has 0 saturated heterocycles. The molecule has 0 amide bonds. The number of hydrogen-bond donors (Lipinski definition) is 1. The molecular formula is C18H20BrN. The summed E-state index contributed by atoms with van der Waals surface area (Å²) in [5, 5.41) is 0. The Hall–Kier alpha value is -1.12. The van der Waals surface area contributed by atoms with E-state index in [1.54, 1.807) is 0 Å². The van der Waals surface area contributed by atoms with Crippen molar-refractivity contribution in [3.8, 4) is 0 Å². The maximum Gasteiger partial charge on any atom is 0.0562 e. The zero-order valence-corrected chi connectivity index (χ0v) is 13.4. The Morgan fingerprint density at radius 2 is 1.80 bits per heavy atom. The lowest BCUT2D eigenvalue weighted by molar-refractivity contribution is 0.419. The van der Waals surface area contributed by atoms with Gasteiger partial charge in [0, 0.05) is 4.47 Å². The fourth-order valence-electron chi connectivity index (χ4n) is 2.80. The van der Waals surface area contributed by atoms with Crippen LogP contribution >= 0.6 is 15.9 Å². The summed E-state index contributed by atoms with van der Waals surface area (Å²) in [5.74, 6) is 0.783. The predicted molar refractivity (Wildman–Crippen MR) is 87.9 cm³/mol. The smallest absolute Gasteiger partial charge is 0.0562 e. The predicted octanol–water partition coefficient (Wildman–Crippen LogP) is 5.07. The minimum absolute atomic E-state index is 0.0697. The van der Waals surface area contributed by atoms with Crippen LogP contribution < -0.4 is 5.73 Å². The number of benzene rings is 2. The quantitative estimate of drug-likeness (QED) is 0.835. The van der Waals surface area contributed by atoms with E-state index in [1.165, 1.54) is 36.0 Å². The van der Waals surface area contributed by atoms with Gasteiger partial charge in [0.05, 0.1) is 6.04 Å². The molecule has 1 nitrogen and oxygen atoms in total. The van der Waals surface area contributed by atoms with Crippen LogP contribution in [0.5, 0.6) is 0 Å². The van der Waals surface area contributed by atoms with Crippen molar-refractivity contribution in [1.82, 2.24) is 0 Å². The van der Waals surface area contributed by atoms with Gasteiger partial charge in [0.15, 0.2) is 0 Å². The van der Waals surface area contributed by atoms with Crippen molar-refractivity contribution in [3.63, 3.8) is 0 Å². The first-order valence-electron chi connectivity index (χ1n) is 7.26. The fraction of sp³-hybridized carbons (Fsp3) is 0.333. The first kappa shape index (κ1) is 13.8. The van der Waals surface area contributed by atoms with Crippen molar-refractivity contribution < 1.29 is 0 Å². The van der Waals surface area contributed by atoms with E-state index in [1.807, 2.05) is 0 Å². The molecule has 0 spiro atoms. The number of hydrogen-bond acceptors (Lipinski definition) is 1. The summed E-state index contributed by atoms with van der Waals surface area (Å²) in [7, 11) is 0. The van der Waals surface area contributed by atoms with Crippen LogP contribution in [0.15, 0.2) is 46.9 Å². The first-order valence-corrected chi connectivity index (χ1v) is 8.06. The van der Waals surface area contributed by atoms with E-state index >= 15 is 0 Å². The molecule has 1 unspecified atom stereocenters. The largest absolute Gasteiger partial charge is 0.320 e. The van der Waals surface area contributed by atoms with Crippen molar-refractivity contribution in [2.75, 3.05) is 0 Å². The van der Waals surface area contributed by atoms with E-state index in [9.17, 15) is 0 Å². The van der Waals surface area contributed by atoms with Crippen molar-refractivity contribution in [2.24, 2.45) is 5.73 Å². The highest BCUT2D eigenvalue weighted by Crippen LogP contribution is 2.37. The van der Waals surface area contributed by atoms with Crippen LogP contribution in [0.1, 0.15) is 53.5 Å². The molecule has 20 heavy (non-hydrogen) atoms. The van der Waals surface area contributed by atoms with Gasteiger partial charge in [-0.1, -0.05) is 64.3 Å². The number of aryl methyl sites for hydroxylation is 1. The molecule has 1 aliphatic carbocycles. The minimum Gasteiger partial charge on any atom is -0.320 e. The normalized spacial score (nSPS) is 16.8. The number of rotatable bonds is 3. The highest BCUT2D eigenvalue weighted by atomic mass is 79.9. The van der Waals surface area contributed by atoms with Gasteiger partial charge in [-0.15, -0.1) is 0 Å². The Kier molecular flexibility index (Phi) is 3.95. The highest BCUT2D eigenvalue weighted by molar-refractivity contribution is 9.10. The standard InChI is InChI=1S/C18H20BrN/c1-12-5-10-17(19)16(11-12)18(20)15-8-6-14(7-9-15)13-3-2-4-13/h5-11,13,18H,2-4,20H2,1H3. The fourth-order valence-corrected chi connectivity index (χ4v) is 3.29. The van der Waals surface area contributed by atoms with Crippen molar-refractivity contribution in [1.29, 1.82) is 0 Å². The summed E-state index contributed by atoms with van der Waals surface area (Å²) in [6.07, 6.45) is 4.06. The SMILES string of the molecule is Cc1ccc(Br)c(C(N)c2ccc(C3CCC3)cc2)c1. The molecule has 2 heteroatoms. The third-order valence-electron chi connectivity index (χ3n) is 4.36. The zero-order chi connectivity index (χ0) is 14.1. The highest BCUT2D eigenvalue weighted by Gasteiger charge is 2.20. The average molecular weight is 330 g/mol. The van der Waals surface area contributed by atoms with E-state index in [-0.39, 0.29) is 6.04 Å². The lowest BCUT2D eigenvalue weighted by atomic mass is 9.79. The number of halogens is 1. The summed E-state index contributed by atoms with van der Waals surface area (Å²) in [6.45, 7) is 2.10. The van der Waals surface area contributed by atoms with E-state index in [4.69, 9.17) is 5.73 Å². The van der Waals surface area contributed by atoms with Crippen LogP contribution in [0.3, 0.4) is 0 Å². The van der Waals surface area contributed by atoms with E-state index in [0.29, 0.717) is 0 Å². The summed E-state index contributed by atoms with van der Waals surface area (Å²) >= 11 is 3.61. The van der Waals surface area contributed by atoms with Gasteiger partial charge in [-0.2, -0.15) is 0 Å². The summed E-state index contributed by atoms with van der Waals surface area (Å²) in [5.41, 5.74) is 11.5. The molecule has 104 valence electrons. The first-order chi connectivity index (χ1) is 9.65. The van der Waals surface area contributed by atoms with E-state index in [2.05, 4.69) is 65.3 Å². The average Bonchev–Trinajstić information content (AvgIpc) is 2.40. The maximum atomic E-state index is 6.43. The second-order valence-electron chi connectivity index (χ2n) is 5.80. The second kappa shape index (κ2) is 5.71. The lowest BCUT2D eigenvalue weighted by Gasteiger charge is -2.26. The van der Waals surface area contributed by atoms with Crippen molar-refractivity contribution in [2.45, 2.75) is 38.1 Å². The lowest BCUT2D eigenvalue weighted by Crippen LogP contribution is -2.13. The Morgan fingerprint density at radius 3 is 2.40 bits per heavy atom. The van der Waals surface area contributed by atoms with Gasteiger partial charge < -0.3 is 5.73 Å². The summed E-state index contributed by atoms with van der Waals surface area (Å²) in [6, 6.07) is 15.1. The Bertz CT molecular complexity index is 599. The van der Waals surface area contributed by atoms with Crippen molar-refractivity contribution >= 4 is 15.9 Å². The van der Waals surface area contributed by atoms with Gasteiger partial charge in [0.1, 0.15) is 0 Å². The van der Waals surface area contributed by atoms with Crippen LogP contribution in [0.2, 0.25) is 0 Å². The van der Waals surface area contributed by atoms with Gasteiger partial charge >= 0.3 is 0 Å². The topological polar surface area (TPSA) is 26.0 Å². The molecule has 3 rings (SSSR count).